The number of benzene rings is 1. The number of rotatable bonds is 5. The quantitative estimate of drug-likeness (QED) is 0.769. The molecule has 3 N–H and O–H groups in total. The predicted molar refractivity (Wildman–Crippen MR) is 71.1 cm³/mol. The summed E-state index contributed by atoms with van der Waals surface area (Å²) in [6, 6.07) is 6.15. The van der Waals surface area contributed by atoms with E-state index in [-0.39, 0.29) is 6.10 Å². The van der Waals surface area contributed by atoms with Crippen LogP contribution in [0.15, 0.2) is 23.1 Å². The zero-order valence-corrected chi connectivity index (χ0v) is 10.9. The maximum atomic E-state index is 9.40. The van der Waals surface area contributed by atoms with Gasteiger partial charge in [-0.05, 0) is 25.3 Å². The number of aliphatic hydroxyl groups excluding tert-OH is 1. The summed E-state index contributed by atoms with van der Waals surface area (Å²) in [7, 11) is 1.98. The summed E-state index contributed by atoms with van der Waals surface area (Å²) in [5.74, 6) is 0. The smallest absolute Gasteiger partial charge is 0.0686 e. The van der Waals surface area contributed by atoms with Gasteiger partial charge in [-0.1, -0.05) is 6.07 Å². The molecule has 3 nitrogen and oxygen atoms in total. The number of aliphatic hydroxyl groups is 1. The van der Waals surface area contributed by atoms with Gasteiger partial charge in [0.2, 0.25) is 0 Å². The van der Waals surface area contributed by atoms with Crippen molar-refractivity contribution in [1.82, 2.24) is 0 Å². The fourth-order valence-electron chi connectivity index (χ4n) is 1.80. The molecule has 1 atom stereocenters. The maximum absolute atomic E-state index is 9.40. The van der Waals surface area contributed by atoms with Crippen molar-refractivity contribution in [2.45, 2.75) is 24.5 Å². The molecule has 0 heterocycles. The van der Waals surface area contributed by atoms with Gasteiger partial charge in [-0.2, -0.15) is 0 Å². The highest BCUT2D eigenvalue weighted by Crippen LogP contribution is 2.28. The third-order valence-corrected chi connectivity index (χ3v) is 3.30. The summed E-state index contributed by atoms with van der Waals surface area (Å²) in [4.78, 5) is 3.25. The normalized spacial score (nSPS) is 12.6. The van der Waals surface area contributed by atoms with Gasteiger partial charge in [-0.3, -0.25) is 0 Å². The van der Waals surface area contributed by atoms with Crippen LogP contribution in [0.3, 0.4) is 0 Å². The Balaban J connectivity index is 3.02. The fourth-order valence-corrected chi connectivity index (χ4v) is 2.45. The molecule has 0 radical (unpaired) electrons. The first kappa shape index (κ1) is 13.4. The van der Waals surface area contributed by atoms with Crippen molar-refractivity contribution < 1.29 is 5.11 Å². The third-order valence-electron chi connectivity index (χ3n) is 2.48. The molecule has 4 heteroatoms. The Kier molecular flexibility index (Phi) is 5.12. The van der Waals surface area contributed by atoms with E-state index in [4.69, 9.17) is 5.73 Å². The van der Waals surface area contributed by atoms with Gasteiger partial charge in [0.15, 0.2) is 0 Å². The van der Waals surface area contributed by atoms with Crippen LogP contribution in [0.4, 0.5) is 5.69 Å². The second-order valence-electron chi connectivity index (χ2n) is 3.89. The fraction of sp³-hybridized carbons (Fsp3) is 0.500. The molecule has 0 spiro atoms. The van der Waals surface area contributed by atoms with Gasteiger partial charge in [0.05, 0.1) is 6.10 Å². The van der Waals surface area contributed by atoms with E-state index in [1.165, 1.54) is 4.90 Å². The molecule has 0 saturated heterocycles. The standard InChI is InChI=1S/C12H20N2OS/c1-9(15)8-14(2)11-5-4-6-12(16-3)10(11)7-13/h4-6,9,15H,7-8,13H2,1-3H3. The Labute approximate surface area is 102 Å². The van der Waals surface area contributed by atoms with E-state index in [1.807, 2.05) is 30.3 Å². The van der Waals surface area contributed by atoms with E-state index < -0.39 is 0 Å². The molecule has 0 bridgehead atoms. The monoisotopic (exact) mass is 240 g/mol. The highest BCUT2D eigenvalue weighted by Gasteiger charge is 2.11. The number of nitrogens with two attached hydrogens (primary N) is 1. The summed E-state index contributed by atoms with van der Waals surface area (Å²) in [5.41, 5.74) is 8.05. The minimum Gasteiger partial charge on any atom is -0.392 e. The Morgan fingerprint density at radius 2 is 2.19 bits per heavy atom. The molecular formula is C12H20N2OS. The molecule has 0 aliphatic rings. The van der Waals surface area contributed by atoms with Crippen LogP contribution < -0.4 is 10.6 Å². The van der Waals surface area contributed by atoms with Crippen LogP contribution in [0.5, 0.6) is 0 Å². The summed E-state index contributed by atoms with van der Waals surface area (Å²) in [5, 5.41) is 9.40. The molecule has 1 unspecified atom stereocenters. The number of hydrogen-bond donors (Lipinski definition) is 2. The van der Waals surface area contributed by atoms with Crippen LogP contribution in [-0.4, -0.2) is 31.1 Å². The van der Waals surface area contributed by atoms with Gasteiger partial charge >= 0.3 is 0 Å². The minimum atomic E-state index is -0.339. The van der Waals surface area contributed by atoms with Gasteiger partial charge in [0.25, 0.3) is 0 Å². The average molecular weight is 240 g/mol. The Morgan fingerprint density at radius 3 is 2.69 bits per heavy atom. The van der Waals surface area contributed by atoms with Crippen LogP contribution in [0.1, 0.15) is 12.5 Å². The zero-order valence-electron chi connectivity index (χ0n) is 10.1. The van der Waals surface area contributed by atoms with Crippen molar-refractivity contribution in [1.29, 1.82) is 0 Å². The van der Waals surface area contributed by atoms with E-state index in [0.29, 0.717) is 13.1 Å². The van der Waals surface area contributed by atoms with E-state index in [1.54, 1.807) is 18.7 Å². The molecule has 1 aromatic carbocycles. The van der Waals surface area contributed by atoms with E-state index >= 15 is 0 Å². The molecule has 90 valence electrons. The summed E-state index contributed by atoms with van der Waals surface area (Å²) in [6.45, 7) is 2.93. The topological polar surface area (TPSA) is 49.5 Å². The van der Waals surface area contributed by atoms with Gasteiger partial charge in [-0.25, -0.2) is 0 Å². The molecule has 0 amide bonds. The first-order chi connectivity index (χ1) is 7.60. The van der Waals surface area contributed by atoms with Gasteiger partial charge < -0.3 is 15.7 Å². The molecule has 0 fully saturated rings. The molecule has 0 saturated carbocycles. The summed E-state index contributed by atoms with van der Waals surface area (Å²) >= 11 is 1.70. The summed E-state index contributed by atoms with van der Waals surface area (Å²) < 4.78 is 0. The molecule has 1 rings (SSSR count). The molecule has 0 aliphatic carbocycles. The predicted octanol–water partition coefficient (Wildman–Crippen LogP) is 1.68. The molecular weight excluding hydrogens is 220 g/mol. The van der Waals surface area contributed by atoms with E-state index in [0.717, 1.165) is 11.3 Å². The lowest BCUT2D eigenvalue weighted by atomic mass is 10.1. The van der Waals surface area contributed by atoms with Crippen LogP contribution in [0.25, 0.3) is 0 Å². The first-order valence-electron chi connectivity index (χ1n) is 5.35. The maximum Gasteiger partial charge on any atom is 0.0686 e. The van der Waals surface area contributed by atoms with Crippen LogP contribution >= 0.6 is 11.8 Å². The van der Waals surface area contributed by atoms with Crippen LogP contribution in [-0.2, 0) is 6.54 Å². The number of anilines is 1. The first-order valence-corrected chi connectivity index (χ1v) is 6.57. The number of nitrogens with zero attached hydrogens (tertiary/aromatic N) is 1. The van der Waals surface area contributed by atoms with Crippen LogP contribution in [0, 0.1) is 0 Å². The van der Waals surface area contributed by atoms with Crippen LogP contribution in [0.2, 0.25) is 0 Å². The van der Waals surface area contributed by atoms with Gasteiger partial charge in [0.1, 0.15) is 0 Å². The second kappa shape index (κ2) is 6.13. The van der Waals surface area contributed by atoms with Crippen molar-refractivity contribution in [3.8, 4) is 0 Å². The lowest BCUT2D eigenvalue weighted by Gasteiger charge is -2.24. The molecule has 0 aromatic heterocycles. The SMILES string of the molecule is CSc1cccc(N(C)CC(C)O)c1CN. The zero-order chi connectivity index (χ0) is 12.1. The van der Waals surface area contributed by atoms with Crippen molar-refractivity contribution >= 4 is 17.4 Å². The molecule has 1 aromatic rings. The Hall–Kier alpha value is -0.710. The van der Waals surface area contributed by atoms with E-state index in [2.05, 4.69) is 6.07 Å². The lowest BCUT2D eigenvalue weighted by molar-refractivity contribution is 0.201. The van der Waals surface area contributed by atoms with E-state index in [9.17, 15) is 5.11 Å². The highest BCUT2D eigenvalue weighted by atomic mass is 32.2. The molecule has 0 aliphatic heterocycles. The van der Waals surface area contributed by atoms with Crippen molar-refractivity contribution in [2.75, 3.05) is 24.7 Å². The van der Waals surface area contributed by atoms with Crippen molar-refractivity contribution in [2.24, 2.45) is 5.73 Å². The van der Waals surface area contributed by atoms with Gasteiger partial charge in [-0.15, -0.1) is 11.8 Å². The number of hydrogen-bond acceptors (Lipinski definition) is 4. The average Bonchev–Trinajstić information content (AvgIpc) is 2.26. The Morgan fingerprint density at radius 1 is 1.50 bits per heavy atom. The van der Waals surface area contributed by atoms with Gasteiger partial charge in [0, 0.05) is 36.3 Å². The second-order valence-corrected chi connectivity index (χ2v) is 4.74. The minimum absolute atomic E-state index is 0.339. The third kappa shape index (κ3) is 3.14. The van der Waals surface area contributed by atoms with Crippen molar-refractivity contribution in [3.63, 3.8) is 0 Å². The lowest BCUT2D eigenvalue weighted by Crippen LogP contribution is -2.28. The summed E-state index contributed by atoms with van der Waals surface area (Å²) in [6.07, 6.45) is 1.71. The molecule has 16 heavy (non-hydrogen) atoms. The highest BCUT2D eigenvalue weighted by molar-refractivity contribution is 7.98. The Bertz CT molecular complexity index is 342. The number of thioether (sulfide) groups is 1. The number of likely N-dealkylation sites (N-methyl/N-ethyl adjacent to an activating group) is 1. The largest absolute Gasteiger partial charge is 0.392 e. The van der Waals surface area contributed by atoms with Crippen molar-refractivity contribution in [3.05, 3.63) is 23.8 Å².